The summed E-state index contributed by atoms with van der Waals surface area (Å²) in [7, 11) is 0. The van der Waals surface area contributed by atoms with E-state index in [0.29, 0.717) is 6.54 Å². The van der Waals surface area contributed by atoms with Gasteiger partial charge in [-0.1, -0.05) is 41.9 Å². The van der Waals surface area contributed by atoms with Crippen molar-refractivity contribution in [3.63, 3.8) is 0 Å². The van der Waals surface area contributed by atoms with Gasteiger partial charge >= 0.3 is 0 Å². The maximum Gasteiger partial charge on any atom is 0.270 e. The van der Waals surface area contributed by atoms with Gasteiger partial charge in [-0.25, -0.2) is 0 Å². The number of nitrogens with one attached hydrogen (secondary N) is 1. The van der Waals surface area contributed by atoms with Gasteiger partial charge in [0.05, 0.1) is 15.5 Å². The lowest BCUT2D eigenvalue weighted by atomic mass is 10.2. The molecule has 148 valence electrons. The van der Waals surface area contributed by atoms with Gasteiger partial charge in [-0.3, -0.25) is 24.7 Å². The number of amides is 1. The molecule has 0 aliphatic carbocycles. The number of hydrogen-bond acceptors (Lipinski definition) is 5. The molecular formula is C20H23ClN4O3. The zero-order valence-electron chi connectivity index (χ0n) is 15.5. The van der Waals surface area contributed by atoms with Gasteiger partial charge in [-0.2, -0.15) is 0 Å². The third-order valence-corrected chi connectivity index (χ3v) is 5.16. The normalized spacial score (nSPS) is 15.3. The van der Waals surface area contributed by atoms with Crippen LogP contribution < -0.4 is 5.32 Å². The second-order valence-corrected chi connectivity index (χ2v) is 7.19. The molecule has 0 bridgehead atoms. The van der Waals surface area contributed by atoms with E-state index < -0.39 is 10.8 Å². The van der Waals surface area contributed by atoms with Gasteiger partial charge in [0, 0.05) is 57.9 Å². The van der Waals surface area contributed by atoms with Crippen molar-refractivity contribution in [1.82, 2.24) is 15.1 Å². The monoisotopic (exact) mass is 402 g/mol. The van der Waals surface area contributed by atoms with Crippen molar-refractivity contribution in [2.24, 2.45) is 0 Å². The number of nitro groups is 1. The second-order valence-electron chi connectivity index (χ2n) is 6.78. The van der Waals surface area contributed by atoms with Crippen LogP contribution in [0.3, 0.4) is 0 Å². The van der Waals surface area contributed by atoms with Crippen LogP contribution in [-0.2, 0) is 6.54 Å². The molecule has 7 nitrogen and oxygen atoms in total. The van der Waals surface area contributed by atoms with E-state index in [2.05, 4.69) is 39.4 Å². The van der Waals surface area contributed by atoms with Crippen molar-refractivity contribution in [2.75, 3.05) is 39.3 Å². The van der Waals surface area contributed by atoms with Crippen molar-refractivity contribution in [1.29, 1.82) is 0 Å². The minimum Gasteiger partial charge on any atom is -0.351 e. The maximum atomic E-state index is 12.3. The predicted octanol–water partition coefficient (Wildman–Crippen LogP) is 2.80. The molecule has 3 rings (SSSR count). The first-order chi connectivity index (χ1) is 13.5. The Labute approximate surface area is 169 Å². The minimum absolute atomic E-state index is 0.128. The summed E-state index contributed by atoms with van der Waals surface area (Å²) in [6, 6.07) is 14.3. The zero-order valence-corrected chi connectivity index (χ0v) is 16.3. The summed E-state index contributed by atoms with van der Waals surface area (Å²) < 4.78 is 0. The van der Waals surface area contributed by atoms with E-state index in [4.69, 9.17) is 11.6 Å². The fourth-order valence-corrected chi connectivity index (χ4v) is 3.44. The van der Waals surface area contributed by atoms with Crippen LogP contribution in [0.15, 0.2) is 48.5 Å². The van der Waals surface area contributed by atoms with Crippen LogP contribution in [-0.4, -0.2) is 59.9 Å². The molecule has 1 aliphatic rings. The molecule has 0 saturated carbocycles. The average Bonchev–Trinajstić information content (AvgIpc) is 2.70. The number of halogens is 1. The molecule has 1 N–H and O–H groups in total. The van der Waals surface area contributed by atoms with Crippen LogP contribution in [0.5, 0.6) is 0 Å². The summed E-state index contributed by atoms with van der Waals surface area (Å²) in [5.74, 6) is -0.392. The van der Waals surface area contributed by atoms with Crippen LogP contribution in [0.1, 0.15) is 15.9 Å². The second kappa shape index (κ2) is 9.64. The quantitative estimate of drug-likeness (QED) is 0.569. The van der Waals surface area contributed by atoms with Gasteiger partial charge in [0.1, 0.15) is 0 Å². The summed E-state index contributed by atoms with van der Waals surface area (Å²) in [6.07, 6.45) is 0. The summed E-state index contributed by atoms with van der Waals surface area (Å²) >= 11 is 6.01. The first-order valence-corrected chi connectivity index (χ1v) is 9.61. The van der Waals surface area contributed by atoms with E-state index in [9.17, 15) is 14.9 Å². The Bertz CT molecular complexity index is 823. The minimum atomic E-state index is -0.540. The molecule has 0 radical (unpaired) electrons. The number of benzene rings is 2. The number of piperazine rings is 1. The van der Waals surface area contributed by atoms with Gasteiger partial charge in [-0.15, -0.1) is 0 Å². The SMILES string of the molecule is O=C(NCCN1CCN(Cc2ccccc2)CC1)c1cc([N+](=O)[O-])ccc1Cl. The largest absolute Gasteiger partial charge is 0.351 e. The van der Waals surface area contributed by atoms with E-state index >= 15 is 0 Å². The average molecular weight is 403 g/mol. The molecule has 0 aromatic heterocycles. The molecule has 28 heavy (non-hydrogen) atoms. The predicted molar refractivity (Wildman–Crippen MR) is 109 cm³/mol. The lowest BCUT2D eigenvalue weighted by Crippen LogP contribution is -2.48. The lowest BCUT2D eigenvalue weighted by molar-refractivity contribution is -0.384. The Hall–Kier alpha value is -2.48. The van der Waals surface area contributed by atoms with E-state index in [1.54, 1.807) is 0 Å². The van der Waals surface area contributed by atoms with Crippen molar-refractivity contribution < 1.29 is 9.72 Å². The van der Waals surface area contributed by atoms with Crippen molar-refractivity contribution in [3.05, 3.63) is 74.8 Å². The molecule has 1 aliphatic heterocycles. The van der Waals surface area contributed by atoms with Crippen LogP contribution >= 0.6 is 11.6 Å². The molecule has 8 heteroatoms. The molecular weight excluding hydrogens is 380 g/mol. The summed E-state index contributed by atoms with van der Waals surface area (Å²) in [5, 5.41) is 13.9. The maximum absolute atomic E-state index is 12.3. The number of carbonyl (C=O) groups excluding carboxylic acids is 1. The Morgan fingerprint density at radius 1 is 1.07 bits per heavy atom. The smallest absolute Gasteiger partial charge is 0.270 e. The highest BCUT2D eigenvalue weighted by Gasteiger charge is 2.18. The number of nitrogens with zero attached hydrogens (tertiary/aromatic N) is 3. The Kier molecular flexibility index (Phi) is 6.97. The van der Waals surface area contributed by atoms with E-state index in [0.717, 1.165) is 39.3 Å². The number of hydrogen-bond donors (Lipinski definition) is 1. The summed E-state index contributed by atoms with van der Waals surface area (Å²) in [5.41, 5.74) is 1.30. The fourth-order valence-electron chi connectivity index (χ4n) is 3.24. The van der Waals surface area contributed by atoms with Gasteiger partial charge < -0.3 is 5.32 Å². The van der Waals surface area contributed by atoms with E-state index in [1.165, 1.54) is 23.8 Å². The van der Waals surface area contributed by atoms with Gasteiger partial charge in [0.2, 0.25) is 0 Å². The molecule has 0 spiro atoms. The van der Waals surface area contributed by atoms with Crippen LogP contribution in [0.2, 0.25) is 5.02 Å². The number of nitro benzene ring substituents is 1. The molecule has 0 atom stereocenters. The third kappa shape index (κ3) is 5.51. The van der Waals surface area contributed by atoms with E-state index in [-0.39, 0.29) is 16.3 Å². The molecule has 1 fully saturated rings. The molecule has 2 aromatic carbocycles. The van der Waals surface area contributed by atoms with Gasteiger partial charge in [0.25, 0.3) is 11.6 Å². The number of rotatable bonds is 7. The Morgan fingerprint density at radius 3 is 2.43 bits per heavy atom. The van der Waals surface area contributed by atoms with Crippen LogP contribution in [0, 0.1) is 10.1 Å². The molecule has 0 unspecified atom stereocenters. The standard InChI is InChI=1S/C20H23ClN4O3/c21-19-7-6-17(25(27)28)14-18(19)20(26)22-8-9-23-10-12-24(13-11-23)15-16-4-2-1-3-5-16/h1-7,14H,8-13,15H2,(H,22,26). The van der Waals surface area contributed by atoms with Crippen molar-refractivity contribution in [3.8, 4) is 0 Å². The Morgan fingerprint density at radius 2 is 1.75 bits per heavy atom. The van der Waals surface area contributed by atoms with Crippen molar-refractivity contribution >= 4 is 23.2 Å². The highest BCUT2D eigenvalue weighted by molar-refractivity contribution is 6.33. The zero-order chi connectivity index (χ0) is 19.9. The van der Waals surface area contributed by atoms with Crippen LogP contribution in [0.25, 0.3) is 0 Å². The molecule has 1 amide bonds. The number of non-ortho nitro benzene ring substituents is 1. The van der Waals surface area contributed by atoms with Crippen molar-refractivity contribution in [2.45, 2.75) is 6.54 Å². The van der Waals surface area contributed by atoms with Gasteiger partial charge in [0.15, 0.2) is 0 Å². The highest BCUT2D eigenvalue weighted by Crippen LogP contribution is 2.21. The molecule has 1 heterocycles. The van der Waals surface area contributed by atoms with Crippen LogP contribution in [0.4, 0.5) is 5.69 Å². The summed E-state index contributed by atoms with van der Waals surface area (Å²) in [4.78, 5) is 27.3. The van der Waals surface area contributed by atoms with E-state index in [1.807, 2.05) is 6.07 Å². The summed E-state index contributed by atoms with van der Waals surface area (Å²) in [6.45, 7) is 6.02. The lowest BCUT2D eigenvalue weighted by Gasteiger charge is -2.34. The fraction of sp³-hybridized carbons (Fsp3) is 0.350. The van der Waals surface area contributed by atoms with Gasteiger partial charge in [-0.05, 0) is 11.6 Å². The first-order valence-electron chi connectivity index (χ1n) is 9.24. The Balaban J connectivity index is 1.42. The highest BCUT2D eigenvalue weighted by atomic mass is 35.5. The first kappa shape index (κ1) is 20.3. The molecule has 1 saturated heterocycles. The topological polar surface area (TPSA) is 78.7 Å². The number of carbonyl (C=O) groups is 1. The molecule has 2 aromatic rings. The third-order valence-electron chi connectivity index (χ3n) is 4.83.